The molecule has 0 atom stereocenters. The van der Waals surface area contributed by atoms with Gasteiger partial charge in [0.15, 0.2) is 5.13 Å². The van der Waals surface area contributed by atoms with Crippen molar-refractivity contribution >= 4 is 28.1 Å². The molecule has 2 N–H and O–H groups in total. The monoisotopic (exact) mass is 294 g/mol. The Morgan fingerprint density at radius 1 is 1.32 bits per heavy atom. The summed E-state index contributed by atoms with van der Waals surface area (Å²) in [4.78, 5) is 5.69. The van der Waals surface area contributed by atoms with Gasteiger partial charge in [-0.1, -0.05) is 50.1 Å². The lowest BCUT2D eigenvalue weighted by Gasteiger charge is -2.17. The van der Waals surface area contributed by atoms with Crippen LogP contribution in [0.5, 0.6) is 0 Å². The number of thiazole rings is 1. The van der Waals surface area contributed by atoms with Gasteiger partial charge in [0.1, 0.15) is 0 Å². The third-order valence-corrected chi connectivity index (χ3v) is 4.23. The molecule has 0 saturated heterocycles. The molecule has 0 fully saturated rings. The molecule has 0 amide bonds. The number of anilines is 1. The van der Waals surface area contributed by atoms with Crippen molar-refractivity contribution in [1.29, 1.82) is 0 Å². The smallest absolute Gasteiger partial charge is 0.180 e. The number of hydrogen-bond donors (Lipinski definition) is 1. The maximum atomic E-state index is 6.27. The van der Waals surface area contributed by atoms with Gasteiger partial charge in [0.2, 0.25) is 0 Å². The Morgan fingerprint density at radius 2 is 2.00 bits per heavy atom. The van der Waals surface area contributed by atoms with Crippen molar-refractivity contribution in [3.8, 4) is 0 Å². The summed E-state index contributed by atoms with van der Waals surface area (Å²) in [5, 5.41) is 1.43. The van der Waals surface area contributed by atoms with Crippen molar-refractivity contribution in [2.24, 2.45) is 0 Å². The van der Waals surface area contributed by atoms with E-state index >= 15 is 0 Å². The van der Waals surface area contributed by atoms with E-state index in [1.54, 1.807) is 11.3 Å². The summed E-state index contributed by atoms with van der Waals surface area (Å²) in [5.74, 6) is 0. The molecule has 0 radical (unpaired) electrons. The van der Waals surface area contributed by atoms with Crippen molar-refractivity contribution in [2.45, 2.75) is 39.5 Å². The highest BCUT2D eigenvalue weighted by Gasteiger charge is 2.23. The summed E-state index contributed by atoms with van der Waals surface area (Å²) in [6, 6.07) is 6.11. The quantitative estimate of drug-likeness (QED) is 0.881. The highest BCUT2D eigenvalue weighted by molar-refractivity contribution is 7.15. The Balaban J connectivity index is 2.41. The lowest BCUT2D eigenvalue weighted by Crippen LogP contribution is -2.14. The SMILES string of the molecule is Cc1ccc(Cl)c(Cc2sc(N)nc2C(C)(C)C)c1. The summed E-state index contributed by atoms with van der Waals surface area (Å²) in [7, 11) is 0. The van der Waals surface area contributed by atoms with Crippen molar-refractivity contribution < 1.29 is 0 Å². The van der Waals surface area contributed by atoms with Gasteiger partial charge in [-0.15, -0.1) is 11.3 Å². The molecule has 1 heterocycles. The maximum Gasteiger partial charge on any atom is 0.180 e. The van der Waals surface area contributed by atoms with Crippen molar-refractivity contribution in [1.82, 2.24) is 4.98 Å². The van der Waals surface area contributed by atoms with Gasteiger partial charge in [0.05, 0.1) is 5.69 Å². The molecule has 2 nitrogen and oxygen atoms in total. The molecule has 0 aliphatic rings. The molecule has 0 saturated carbocycles. The van der Waals surface area contributed by atoms with Crippen LogP contribution in [0.25, 0.3) is 0 Å². The van der Waals surface area contributed by atoms with E-state index < -0.39 is 0 Å². The number of halogens is 1. The van der Waals surface area contributed by atoms with Gasteiger partial charge in [0.25, 0.3) is 0 Å². The normalized spacial score (nSPS) is 11.8. The first-order valence-electron chi connectivity index (χ1n) is 6.28. The average molecular weight is 295 g/mol. The van der Waals surface area contributed by atoms with Gasteiger partial charge in [-0.05, 0) is 18.6 Å². The second kappa shape index (κ2) is 5.14. The second-order valence-corrected chi connectivity index (χ2v) is 7.37. The summed E-state index contributed by atoms with van der Waals surface area (Å²) in [5.41, 5.74) is 9.30. The van der Waals surface area contributed by atoms with Crippen LogP contribution in [0.3, 0.4) is 0 Å². The number of aromatic nitrogens is 1. The number of nitrogens with zero attached hydrogens (tertiary/aromatic N) is 1. The van der Waals surface area contributed by atoms with Crippen LogP contribution in [0.15, 0.2) is 18.2 Å². The van der Waals surface area contributed by atoms with Gasteiger partial charge in [-0.25, -0.2) is 4.98 Å². The summed E-state index contributed by atoms with van der Waals surface area (Å²) in [6.07, 6.45) is 0.794. The van der Waals surface area contributed by atoms with Crippen LogP contribution in [-0.4, -0.2) is 4.98 Å². The fraction of sp³-hybridized carbons (Fsp3) is 0.400. The van der Waals surface area contributed by atoms with Crippen molar-refractivity contribution in [3.05, 3.63) is 44.9 Å². The fourth-order valence-electron chi connectivity index (χ4n) is 2.09. The molecule has 0 spiro atoms. The standard InChI is InChI=1S/C15H19ClN2S/c1-9-5-6-11(16)10(7-9)8-12-13(15(2,3)4)18-14(17)19-12/h5-7H,8H2,1-4H3,(H2,17,18). The first kappa shape index (κ1) is 14.4. The third-order valence-electron chi connectivity index (χ3n) is 2.98. The Kier molecular flexibility index (Phi) is 3.88. The van der Waals surface area contributed by atoms with E-state index in [9.17, 15) is 0 Å². The second-order valence-electron chi connectivity index (χ2n) is 5.85. The minimum absolute atomic E-state index is 0.000244. The third kappa shape index (κ3) is 3.28. The molecule has 1 aromatic heterocycles. The zero-order valence-electron chi connectivity index (χ0n) is 11.7. The van der Waals surface area contributed by atoms with E-state index in [0.29, 0.717) is 5.13 Å². The first-order chi connectivity index (χ1) is 8.77. The summed E-state index contributed by atoms with van der Waals surface area (Å²) < 4.78 is 0. The molecule has 2 rings (SSSR count). The molecule has 0 bridgehead atoms. The molecule has 4 heteroatoms. The van der Waals surface area contributed by atoms with E-state index in [2.05, 4.69) is 38.7 Å². The molecular weight excluding hydrogens is 276 g/mol. The lowest BCUT2D eigenvalue weighted by molar-refractivity contribution is 0.568. The number of benzene rings is 1. The van der Waals surface area contributed by atoms with Crippen LogP contribution < -0.4 is 5.73 Å². The molecule has 1 aromatic carbocycles. The van der Waals surface area contributed by atoms with E-state index in [1.165, 1.54) is 10.4 Å². The minimum Gasteiger partial charge on any atom is -0.375 e. The summed E-state index contributed by atoms with van der Waals surface area (Å²) >= 11 is 7.83. The van der Waals surface area contributed by atoms with Gasteiger partial charge < -0.3 is 5.73 Å². The Bertz CT molecular complexity index is 597. The van der Waals surface area contributed by atoms with Crippen molar-refractivity contribution in [3.63, 3.8) is 0 Å². The average Bonchev–Trinajstić information content (AvgIpc) is 2.65. The number of nitrogen functional groups attached to an aromatic ring is 1. The molecule has 102 valence electrons. The molecule has 0 aliphatic carbocycles. The Morgan fingerprint density at radius 3 is 2.63 bits per heavy atom. The van der Waals surface area contributed by atoms with Crippen molar-refractivity contribution in [2.75, 3.05) is 5.73 Å². The number of aryl methyl sites for hydroxylation is 1. The number of hydrogen-bond acceptors (Lipinski definition) is 3. The predicted octanol–water partition coefficient (Wildman–Crippen LogP) is 4.58. The molecular formula is C15H19ClN2S. The van der Waals surface area contributed by atoms with Crippen LogP contribution in [0.4, 0.5) is 5.13 Å². The highest BCUT2D eigenvalue weighted by Crippen LogP contribution is 2.33. The number of rotatable bonds is 2. The van der Waals surface area contributed by atoms with E-state index in [0.717, 1.165) is 22.7 Å². The van der Waals surface area contributed by atoms with Gasteiger partial charge in [0, 0.05) is 21.7 Å². The highest BCUT2D eigenvalue weighted by atomic mass is 35.5. The van der Waals surface area contributed by atoms with Crippen LogP contribution in [0.2, 0.25) is 5.02 Å². The van der Waals surface area contributed by atoms with Crippen LogP contribution in [0, 0.1) is 6.92 Å². The molecule has 0 unspecified atom stereocenters. The van der Waals surface area contributed by atoms with Gasteiger partial charge in [-0.3, -0.25) is 0 Å². The van der Waals surface area contributed by atoms with Gasteiger partial charge >= 0.3 is 0 Å². The van der Waals surface area contributed by atoms with Crippen LogP contribution >= 0.6 is 22.9 Å². The largest absolute Gasteiger partial charge is 0.375 e. The zero-order chi connectivity index (χ0) is 14.2. The summed E-state index contributed by atoms with van der Waals surface area (Å²) in [6.45, 7) is 8.54. The topological polar surface area (TPSA) is 38.9 Å². The fourth-order valence-corrected chi connectivity index (χ4v) is 3.34. The Hall–Kier alpha value is -1.06. The van der Waals surface area contributed by atoms with E-state index in [1.807, 2.05) is 12.1 Å². The Labute approximate surface area is 123 Å². The molecule has 0 aliphatic heterocycles. The lowest BCUT2D eigenvalue weighted by atomic mass is 9.90. The van der Waals surface area contributed by atoms with Crippen LogP contribution in [-0.2, 0) is 11.8 Å². The number of nitrogens with two attached hydrogens (primary N) is 1. The first-order valence-corrected chi connectivity index (χ1v) is 7.47. The van der Waals surface area contributed by atoms with Gasteiger partial charge in [-0.2, -0.15) is 0 Å². The van der Waals surface area contributed by atoms with E-state index in [-0.39, 0.29) is 5.41 Å². The van der Waals surface area contributed by atoms with Crippen LogP contribution in [0.1, 0.15) is 42.5 Å². The predicted molar refractivity (Wildman–Crippen MR) is 84.2 cm³/mol. The zero-order valence-corrected chi connectivity index (χ0v) is 13.3. The van der Waals surface area contributed by atoms with E-state index in [4.69, 9.17) is 17.3 Å². The maximum absolute atomic E-state index is 6.27. The molecule has 2 aromatic rings. The molecule has 19 heavy (non-hydrogen) atoms. The minimum atomic E-state index is -0.000244.